The number of unbranched alkanes of at least 4 members (excludes halogenated alkanes) is 4. The third-order valence-electron chi connectivity index (χ3n) is 11.7. The number of carbonyl (C=O) groups is 6. The van der Waals surface area contributed by atoms with Gasteiger partial charge in [-0.3, -0.25) is 28.8 Å². The van der Waals surface area contributed by atoms with E-state index in [9.17, 15) is 64.5 Å². The normalized spacial score (nSPS) is 25.5. The Hall–Kier alpha value is -3.66. The van der Waals surface area contributed by atoms with Crippen LogP contribution < -0.4 is 31.9 Å². The molecule has 2 rings (SSSR count). The summed E-state index contributed by atoms with van der Waals surface area (Å²) in [5.74, 6) is -1.82. The van der Waals surface area contributed by atoms with E-state index in [1.165, 1.54) is 13.8 Å². The van der Waals surface area contributed by atoms with Gasteiger partial charge in [-0.25, -0.2) is 0 Å². The SMILES string of the molecule is COCC(CO)CCCCNC(=O)C[C@H](CCCCNC(=O)CCCCO[C@@H]1OC(CO)[C@@H](O)[C@H](O)C1NC(C)=O)NC(=O)CCCNC(=O)CCCCO[C@@H]1OC(CO)[C@@H](O)[C@H](O)C1NC(C)=O. The summed E-state index contributed by atoms with van der Waals surface area (Å²) >= 11 is 0. The van der Waals surface area contributed by atoms with Crippen molar-refractivity contribution >= 4 is 35.4 Å². The fourth-order valence-corrected chi connectivity index (χ4v) is 7.87. The van der Waals surface area contributed by atoms with Gasteiger partial charge in [-0.2, -0.15) is 0 Å². The first kappa shape index (κ1) is 61.5. The van der Waals surface area contributed by atoms with Gasteiger partial charge in [0.25, 0.3) is 0 Å². The minimum absolute atomic E-state index is 0.0214. The van der Waals surface area contributed by atoms with Crippen LogP contribution >= 0.6 is 0 Å². The van der Waals surface area contributed by atoms with Crippen LogP contribution in [0.3, 0.4) is 0 Å². The van der Waals surface area contributed by atoms with Crippen molar-refractivity contribution in [3.63, 3.8) is 0 Å². The predicted octanol–water partition coefficient (Wildman–Crippen LogP) is -3.15. The van der Waals surface area contributed by atoms with Gasteiger partial charge in [0, 0.05) is 98.1 Å². The number of aliphatic hydroxyl groups excluding tert-OH is 7. The van der Waals surface area contributed by atoms with Crippen molar-refractivity contribution < 1.29 is 88.2 Å². The van der Waals surface area contributed by atoms with Gasteiger partial charge >= 0.3 is 0 Å². The highest BCUT2D eigenvalue weighted by Gasteiger charge is 2.46. The predicted molar refractivity (Wildman–Crippen MR) is 245 cm³/mol. The van der Waals surface area contributed by atoms with Crippen LogP contribution in [0.1, 0.15) is 110 Å². The summed E-state index contributed by atoms with van der Waals surface area (Å²) < 4.78 is 27.6. The Labute approximate surface area is 404 Å². The van der Waals surface area contributed by atoms with E-state index in [1.807, 2.05) is 0 Å². The Morgan fingerprint density at radius 1 is 0.551 bits per heavy atom. The number of amides is 6. The number of hydrogen-bond acceptors (Lipinski definition) is 18. The van der Waals surface area contributed by atoms with E-state index in [0.717, 1.165) is 12.8 Å². The van der Waals surface area contributed by atoms with Gasteiger partial charge in [0.1, 0.15) is 48.7 Å². The molecule has 6 amide bonds. The van der Waals surface area contributed by atoms with E-state index in [2.05, 4.69) is 31.9 Å². The molecule has 0 aliphatic carbocycles. The number of rotatable bonds is 36. The van der Waals surface area contributed by atoms with Gasteiger partial charge in [0.2, 0.25) is 35.4 Å². The first-order valence-electron chi connectivity index (χ1n) is 24.3. The molecule has 2 aliphatic heterocycles. The molecule has 400 valence electrons. The maximum Gasteiger partial charge on any atom is 0.222 e. The second-order valence-electron chi connectivity index (χ2n) is 17.6. The third-order valence-corrected chi connectivity index (χ3v) is 11.7. The molecule has 2 aliphatic rings. The number of methoxy groups -OCH3 is 1. The molecule has 0 aromatic rings. The molecule has 0 bridgehead atoms. The molecule has 0 aromatic carbocycles. The van der Waals surface area contributed by atoms with E-state index >= 15 is 0 Å². The highest BCUT2D eigenvalue weighted by atomic mass is 16.7. The van der Waals surface area contributed by atoms with Crippen molar-refractivity contribution in [3.05, 3.63) is 0 Å². The lowest BCUT2D eigenvalue weighted by Gasteiger charge is -2.42. The summed E-state index contributed by atoms with van der Waals surface area (Å²) in [5.41, 5.74) is 0. The maximum atomic E-state index is 13.0. The second kappa shape index (κ2) is 35.4. The number of carbonyl (C=O) groups excluding carboxylic acids is 6. The molecule has 2 saturated heterocycles. The van der Waals surface area contributed by atoms with Crippen LogP contribution in [0.4, 0.5) is 0 Å². The van der Waals surface area contributed by atoms with E-state index in [4.69, 9.17) is 23.7 Å². The number of nitrogens with one attached hydrogen (secondary N) is 6. The Morgan fingerprint density at radius 2 is 1.00 bits per heavy atom. The third kappa shape index (κ3) is 24.8. The number of ether oxygens (including phenoxy) is 5. The topological polar surface area (TPSA) is 362 Å². The number of hydrogen-bond donors (Lipinski definition) is 13. The van der Waals surface area contributed by atoms with Crippen molar-refractivity contribution in [1.82, 2.24) is 31.9 Å². The van der Waals surface area contributed by atoms with Crippen LogP contribution in [0.25, 0.3) is 0 Å². The van der Waals surface area contributed by atoms with Gasteiger partial charge in [-0.05, 0) is 64.2 Å². The molecule has 0 spiro atoms. The van der Waals surface area contributed by atoms with Crippen molar-refractivity contribution in [2.45, 2.75) is 177 Å². The average Bonchev–Trinajstić information content (AvgIpc) is 3.30. The van der Waals surface area contributed by atoms with E-state index in [1.54, 1.807) is 7.11 Å². The van der Waals surface area contributed by atoms with Crippen LogP contribution in [0.2, 0.25) is 0 Å². The van der Waals surface area contributed by atoms with Gasteiger partial charge in [0.05, 0.1) is 19.8 Å². The largest absolute Gasteiger partial charge is 0.396 e. The van der Waals surface area contributed by atoms with Crippen molar-refractivity contribution in [2.75, 3.05) is 66.4 Å². The molecule has 0 saturated carbocycles. The summed E-state index contributed by atoms with van der Waals surface area (Å²) in [4.78, 5) is 74.2. The fraction of sp³-hybridized carbons (Fsp3) is 0.867. The minimum Gasteiger partial charge on any atom is -0.396 e. The Kier molecular flexibility index (Phi) is 31.6. The lowest BCUT2D eigenvalue weighted by molar-refractivity contribution is -0.270. The Bertz CT molecular complexity index is 1500. The van der Waals surface area contributed by atoms with E-state index in [-0.39, 0.29) is 81.6 Å². The first-order valence-corrected chi connectivity index (χ1v) is 24.3. The zero-order chi connectivity index (χ0) is 51.1. The lowest BCUT2D eigenvalue weighted by atomic mass is 9.97. The smallest absolute Gasteiger partial charge is 0.222 e. The molecule has 12 atom stereocenters. The maximum absolute atomic E-state index is 13.0. The van der Waals surface area contributed by atoms with Crippen molar-refractivity contribution in [1.29, 1.82) is 0 Å². The molecule has 5 unspecified atom stereocenters. The zero-order valence-electron chi connectivity index (χ0n) is 40.5. The molecule has 69 heavy (non-hydrogen) atoms. The minimum atomic E-state index is -1.43. The van der Waals surface area contributed by atoms with Crippen LogP contribution in [0.15, 0.2) is 0 Å². The lowest BCUT2D eigenvalue weighted by Crippen LogP contribution is -2.64. The zero-order valence-corrected chi connectivity index (χ0v) is 40.5. The molecular weight excluding hydrogens is 913 g/mol. The van der Waals surface area contributed by atoms with Gasteiger partial charge in [0.15, 0.2) is 12.6 Å². The molecule has 13 N–H and O–H groups in total. The summed E-state index contributed by atoms with van der Waals surface area (Å²) in [7, 11) is 1.58. The molecule has 24 heteroatoms. The average molecular weight is 995 g/mol. The highest BCUT2D eigenvalue weighted by molar-refractivity contribution is 5.80. The van der Waals surface area contributed by atoms with Crippen LogP contribution in [-0.2, 0) is 52.5 Å². The Morgan fingerprint density at radius 3 is 1.45 bits per heavy atom. The molecule has 2 fully saturated rings. The van der Waals surface area contributed by atoms with Crippen LogP contribution in [0, 0.1) is 5.92 Å². The van der Waals surface area contributed by atoms with Crippen LogP contribution in [-0.4, -0.2) is 205 Å². The fourth-order valence-electron chi connectivity index (χ4n) is 7.87. The highest BCUT2D eigenvalue weighted by Crippen LogP contribution is 2.24. The van der Waals surface area contributed by atoms with E-state index in [0.29, 0.717) is 77.5 Å². The van der Waals surface area contributed by atoms with Gasteiger partial charge in [-0.15, -0.1) is 0 Å². The summed E-state index contributed by atoms with van der Waals surface area (Å²) in [5, 5.41) is 86.1. The Balaban J connectivity index is 1.74. The van der Waals surface area contributed by atoms with Crippen LogP contribution in [0.5, 0.6) is 0 Å². The van der Waals surface area contributed by atoms with Crippen molar-refractivity contribution in [3.8, 4) is 0 Å². The van der Waals surface area contributed by atoms with Crippen molar-refractivity contribution in [2.24, 2.45) is 5.92 Å². The molecule has 24 nitrogen and oxygen atoms in total. The quantitative estimate of drug-likeness (QED) is 0.0276. The summed E-state index contributed by atoms with van der Waals surface area (Å²) in [6.07, 6.45) is -3.58. The standard InChI is InChI=1S/C45H82N6O18/c1-28(55)49-38-42(63)40(61)32(25-53)68-44(38)66-21-10-6-15-34(57)46-18-9-5-14-31(23-37(60)48-19-8-4-13-30(24-52)27-65-3)51-36(59)17-12-20-47-35(58)16-7-11-22-67-45-39(50-29(2)56)43(64)41(62)33(26-54)69-45/h30-33,38-45,52-54,61-64H,4-27H2,1-3H3,(H,46,57)(H,47,58)(H,48,60)(H,49,55)(H,50,56)(H,51,59)/t30?,31-,32?,33?,38?,39?,40+,41+,42+,43+,44+,45+/m0/s1. The summed E-state index contributed by atoms with van der Waals surface area (Å²) in [6, 6.07) is -2.59. The van der Waals surface area contributed by atoms with E-state index < -0.39 is 92.4 Å². The van der Waals surface area contributed by atoms with Gasteiger partial charge in [-0.1, -0.05) is 6.42 Å². The monoisotopic (exact) mass is 995 g/mol. The molecule has 2 heterocycles. The molecule has 0 aromatic heterocycles. The molecule has 0 radical (unpaired) electrons. The second-order valence-corrected chi connectivity index (χ2v) is 17.6. The number of aliphatic hydroxyl groups is 7. The summed E-state index contributed by atoms with van der Waals surface area (Å²) in [6.45, 7) is 3.12. The first-order chi connectivity index (χ1) is 33.0. The van der Waals surface area contributed by atoms with Gasteiger partial charge < -0.3 is 91.3 Å². The molecular formula is C45H82N6O18.